The third-order valence-corrected chi connectivity index (χ3v) is 6.66. The van der Waals surface area contributed by atoms with Gasteiger partial charge in [0.1, 0.15) is 24.2 Å². The molecule has 200 valence electrons. The number of nitrogen functional groups attached to an aromatic ring is 1. The highest BCUT2D eigenvalue weighted by Crippen LogP contribution is 2.33. The molecule has 0 spiro atoms. The minimum Gasteiger partial charge on any atom is -0.487 e. The van der Waals surface area contributed by atoms with Crippen molar-refractivity contribution in [1.29, 1.82) is 0 Å². The number of anilines is 2. The van der Waals surface area contributed by atoms with E-state index in [9.17, 15) is 18.0 Å². The summed E-state index contributed by atoms with van der Waals surface area (Å²) in [5.74, 6) is -1.85. The second-order valence-corrected chi connectivity index (χ2v) is 9.23. The van der Waals surface area contributed by atoms with Crippen molar-refractivity contribution >= 4 is 17.5 Å². The van der Waals surface area contributed by atoms with Crippen LogP contribution in [0.2, 0.25) is 0 Å². The standard InChI is InChI=1S/C26H27F3N6O3/c1-37-14-23(36)35-11-8-19-21(13-35)31-24(20-4-3-17(28)25(30)32-20)26(33-19)34-9-6-16(7-10-34)38-22-5-2-15(27)12-18(22)29/h2-5,12,16H,6-11,13-14H2,1H3,(H2,30,32). The molecule has 4 heterocycles. The van der Waals surface area contributed by atoms with Gasteiger partial charge in [0.05, 0.1) is 23.6 Å². The van der Waals surface area contributed by atoms with Crippen LogP contribution in [0.1, 0.15) is 24.2 Å². The Morgan fingerprint density at radius 2 is 1.82 bits per heavy atom. The summed E-state index contributed by atoms with van der Waals surface area (Å²) in [7, 11) is 1.47. The number of fused-ring (bicyclic) bond motifs is 1. The molecule has 1 amide bonds. The first-order chi connectivity index (χ1) is 18.3. The fraction of sp³-hybridized carbons (Fsp3) is 0.385. The minimum absolute atomic E-state index is 0.0117. The first-order valence-corrected chi connectivity index (χ1v) is 12.3. The second kappa shape index (κ2) is 10.8. The van der Waals surface area contributed by atoms with Gasteiger partial charge in [0.15, 0.2) is 29.0 Å². The summed E-state index contributed by atoms with van der Waals surface area (Å²) in [6.45, 7) is 1.80. The summed E-state index contributed by atoms with van der Waals surface area (Å²) in [6.07, 6.45) is 1.38. The maximum absolute atomic E-state index is 14.1. The summed E-state index contributed by atoms with van der Waals surface area (Å²) >= 11 is 0. The molecule has 9 nitrogen and oxygen atoms in total. The Kier molecular flexibility index (Phi) is 7.32. The molecule has 2 aromatic heterocycles. The lowest BCUT2D eigenvalue weighted by Gasteiger charge is -2.35. The number of hydrogen-bond donors (Lipinski definition) is 1. The van der Waals surface area contributed by atoms with E-state index in [0.29, 0.717) is 61.8 Å². The summed E-state index contributed by atoms with van der Waals surface area (Å²) in [6, 6.07) is 5.97. The number of methoxy groups -OCH3 is 1. The lowest BCUT2D eigenvalue weighted by atomic mass is 10.1. The average Bonchev–Trinajstić information content (AvgIpc) is 2.91. The Morgan fingerprint density at radius 1 is 1.03 bits per heavy atom. The van der Waals surface area contributed by atoms with E-state index in [1.54, 1.807) is 4.90 Å². The first kappa shape index (κ1) is 25.7. The van der Waals surface area contributed by atoms with Gasteiger partial charge in [-0.05, 0) is 24.3 Å². The topological polar surface area (TPSA) is 107 Å². The Morgan fingerprint density at radius 3 is 2.53 bits per heavy atom. The molecule has 3 aromatic rings. The summed E-state index contributed by atoms with van der Waals surface area (Å²) in [4.78, 5) is 30.0. The molecule has 1 saturated heterocycles. The molecule has 1 aromatic carbocycles. The van der Waals surface area contributed by atoms with Crippen molar-refractivity contribution in [3.05, 3.63) is 59.2 Å². The Labute approximate surface area is 217 Å². The van der Waals surface area contributed by atoms with Gasteiger partial charge in [0, 0.05) is 52.1 Å². The van der Waals surface area contributed by atoms with Gasteiger partial charge < -0.3 is 25.0 Å². The molecule has 2 aliphatic rings. The van der Waals surface area contributed by atoms with Gasteiger partial charge in [0.2, 0.25) is 5.91 Å². The number of hydrogen-bond acceptors (Lipinski definition) is 8. The van der Waals surface area contributed by atoms with E-state index in [-0.39, 0.29) is 36.7 Å². The highest BCUT2D eigenvalue weighted by molar-refractivity contribution is 5.78. The van der Waals surface area contributed by atoms with E-state index in [0.717, 1.165) is 17.8 Å². The number of nitrogens with two attached hydrogens (primary N) is 1. The van der Waals surface area contributed by atoms with Crippen LogP contribution in [0.15, 0.2) is 30.3 Å². The van der Waals surface area contributed by atoms with Crippen LogP contribution in [0.25, 0.3) is 11.4 Å². The highest BCUT2D eigenvalue weighted by Gasteiger charge is 2.29. The SMILES string of the molecule is COCC(=O)N1CCc2nc(N3CCC(Oc4ccc(F)cc4F)CC3)c(-c3ccc(F)c(N)n3)nc2C1. The van der Waals surface area contributed by atoms with Crippen LogP contribution in [0, 0.1) is 17.5 Å². The van der Waals surface area contributed by atoms with Crippen LogP contribution in [-0.2, 0) is 22.5 Å². The number of amides is 1. The maximum atomic E-state index is 14.1. The Hall–Kier alpha value is -3.93. The van der Waals surface area contributed by atoms with Crippen molar-refractivity contribution in [1.82, 2.24) is 19.9 Å². The fourth-order valence-corrected chi connectivity index (χ4v) is 4.67. The highest BCUT2D eigenvalue weighted by atomic mass is 19.1. The van der Waals surface area contributed by atoms with Crippen LogP contribution in [0.5, 0.6) is 5.75 Å². The smallest absolute Gasteiger partial charge is 0.248 e. The number of ether oxygens (including phenoxy) is 2. The zero-order valence-corrected chi connectivity index (χ0v) is 20.8. The normalized spacial score (nSPS) is 15.9. The monoisotopic (exact) mass is 528 g/mol. The molecule has 0 unspecified atom stereocenters. The fourth-order valence-electron chi connectivity index (χ4n) is 4.67. The largest absolute Gasteiger partial charge is 0.487 e. The van der Waals surface area contributed by atoms with Gasteiger partial charge in [-0.1, -0.05) is 0 Å². The van der Waals surface area contributed by atoms with E-state index in [1.165, 1.54) is 25.3 Å². The van der Waals surface area contributed by atoms with Crippen molar-refractivity contribution in [2.75, 3.05) is 44.0 Å². The number of rotatable bonds is 6. The quantitative estimate of drug-likeness (QED) is 0.520. The van der Waals surface area contributed by atoms with Crippen LogP contribution < -0.4 is 15.4 Å². The van der Waals surface area contributed by atoms with Gasteiger partial charge in [-0.15, -0.1) is 0 Å². The average molecular weight is 529 g/mol. The third-order valence-electron chi connectivity index (χ3n) is 6.66. The Bertz CT molecular complexity index is 1350. The van der Waals surface area contributed by atoms with Crippen molar-refractivity contribution in [3.63, 3.8) is 0 Å². The predicted molar refractivity (Wildman–Crippen MR) is 133 cm³/mol. The van der Waals surface area contributed by atoms with Crippen molar-refractivity contribution < 1.29 is 27.4 Å². The van der Waals surface area contributed by atoms with Crippen LogP contribution in [0.4, 0.5) is 24.8 Å². The molecule has 0 bridgehead atoms. The van der Waals surface area contributed by atoms with Crippen LogP contribution >= 0.6 is 0 Å². The molecule has 5 rings (SSSR count). The lowest BCUT2D eigenvalue weighted by Crippen LogP contribution is -2.41. The van der Waals surface area contributed by atoms with E-state index >= 15 is 0 Å². The number of carbonyl (C=O) groups excluding carboxylic acids is 1. The maximum Gasteiger partial charge on any atom is 0.248 e. The number of benzene rings is 1. The zero-order valence-electron chi connectivity index (χ0n) is 20.8. The molecule has 1 fully saturated rings. The summed E-state index contributed by atoms with van der Waals surface area (Å²) < 4.78 is 51.9. The molecule has 2 N–H and O–H groups in total. The molecule has 0 atom stereocenters. The third kappa shape index (κ3) is 5.35. The number of halogens is 3. The number of piperidine rings is 1. The molecule has 0 radical (unpaired) electrons. The molecular formula is C26H27F3N6O3. The number of carbonyl (C=O) groups is 1. The molecule has 12 heteroatoms. The Balaban J connectivity index is 1.41. The number of aromatic nitrogens is 3. The molecule has 2 aliphatic heterocycles. The van der Waals surface area contributed by atoms with Crippen LogP contribution in [-0.4, -0.2) is 65.2 Å². The van der Waals surface area contributed by atoms with Gasteiger partial charge >= 0.3 is 0 Å². The number of nitrogens with zero attached hydrogens (tertiary/aromatic N) is 5. The van der Waals surface area contributed by atoms with Gasteiger partial charge in [-0.2, -0.15) is 0 Å². The van der Waals surface area contributed by atoms with Gasteiger partial charge in [-0.25, -0.2) is 28.1 Å². The summed E-state index contributed by atoms with van der Waals surface area (Å²) in [5.41, 5.74) is 7.94. The molecular weight excluding hydrogens is 501 g/mol. The molecule has 38 heavy (non-hydrogen) atoms. The van der Waals surface area contributed by atoms with E-state index < -0.39 is 17.5 Å². The van der Waals surface area contributed by atoms with E-state index in [2.05, 4.69) is 4.98 Å². The lowest BCUT2D eigenvalue weighted by molar-refractivity contribution is -0.136. The van der Waals surface area contributed by atoms with E-state index in [1.807, 2.05) is 4.90 Å². The summed E-state index contributed by atoms with van der Waals surface area (Å²) in [5, 5.41) is 0. The van der Waals surface area contributed by atoms with E-state index in [4.69, 9.17) is 25.2 Å². The van der Waals surface area contributed by atoms with Crippen molar-refractivity contribution in [2.24, 2.45) is 0 Å². The van der Waals surface area contributed by atoms with Gasteiger partial charge in [-0.3, -0.25) is 4.79 Å². The van der Waals surface area contributed by atoms with Gasteiger partial charge in [0.25, 0.3) is 0 Å². The first-order valence-electron chi connectivity index (χ1n) is 12.3. The minimum atomic E-state index is -0.742. The van der Waals surface area contributed by atoms with Crippen LogP contribution in [0.3, 0.4) is 0 Å². The molecule has 0 aliphatic carbocycles. The number of pyridine rings is 1. The zero-order chi connectivity index (χ0) is 26.8. The van der Waals surface area contributed by atoms with Crippen molar-refractivity contribution in [2.45, 2.75) is 31.9 Å². The second-order valence-electron chi connectivity index (χ2n) is 9.23. The molecule has 0 saturated carbocycles. The van der Waals surface area contributed by atoms with Crippen molar-refractivity contribution in [3.8, 4) is 17.1 Å². The predicted octanol–water partition coefficient (Wildman–Crippen LogP) is 3.12.